The van der Waals surface area contributed by atoms with Crippen molar-refractivity contribution in [3.63, 3.8) is 0 Å². The molecule has 0 atom stereocenters. The van der Waals surface area contributed by atoms with Crippen molar-refractivity contribution in [2.45, 2.75) is 0 Å². The van der Waals surface area contributed by atoms with Gasteiger partial charge in [0.05, 0.1) is 16.9 Å². The second kappa shape index (κ2) is 7.16. The molecule has 5 nitrogen and oxygen atoms in total. The molecule has 1 aromatic rings. The zero-order chi connectivity index (χ0) is 16.2. The van der Waals surface area contributed by atoms with Gasteiger partial charge in [-0.25, -0.2) is 4.99 Å². The summed E-state index contributed by atoms with van der Waals surface area (Å²) in [6, 6.07) is 7.87. The Morgan fingerprint density at radius 2 is 1.96 bits per heavy atom. The molecular weight excluding hydrogens is 328 g/mol. The number of amidine groups is 1. The number of benzene rings is 1. The second-order valence-electron chi connectivity index (χ2n) is 5.46. The summed E-state index contributed by atoms with van der Waals surface area (Å²) < 4.78 is 5.22. The van der Waals surface area contributed by atoms with Crippen molar-refractivity contribution >= 4 is 52.2 Å². The van der Waals surface area contributed by atoms with E-state index in [2.05, 4.69) is 22.2 Å². The van der Waals surface area contributed by atoms with Gasteiger partial charge >= 0.3 is 0 Å². The zero-order valence-corrected chi connectivity index (χ0v) is 14.5. The number of fused-ring (bicyclic) bond motifs is 1. The van der Waals surface area contributed by atoms with Crippen LogP contribution >= 0.6 is 24.4 Å². The fourth-order valence-corrected chi connectivity index (χ4v) is 2.91. The monoisotopic (exact) mass is 346 g/mol. The van der Waals surface area contributed by atoms with Gasteiger partial charge in [0.1, 0.15) is 17.1 Å². The molecule has 23 heavy (non-hydrogen) atoms. The number of aliphatic imine (C=N–C) groups is 1. The highest BCUT2D eigenvalue weighted by Gasteiger charge is 2.26. The summed E-state index contributed by atoms with van der Waals surface area (Å²) in [5.74, 6) is 0.831. The van der Waals surface area contributed by atoms with Crippen LogP contribution in [0.1, 0.15) is 0 Å². The number of ether oxygens (including phenoxy) is 1. The number of hydrogen-bond donors (Lipinski definition) is 1. The number of piperazine rings is 1. The molecule has 0 amide bonds. The molecule has 0 bridgehead atoms. The number of anilines is 1. The van der Waals surface area contributed by atoms with Gasteiger partial charge in [0.25, 0.3) is 0 Å². The average molecular weight is 346 g/mol. The highest BCUT2D eigenvalue weighted by molar-refractivity contribution is 7.81. The van der Waals surface area contributed by atoms with Crippen LogP contribution in [0, 0.1) is 0 Å². The van der Waals surface area contributed by atoms with Gasteiger partial charge < -0.3 is 19.9 Å². The number of nitrogens with zero attached hydrogens (tertiary/aromatic N) is 3. The normalized spacial score (nSPS) is 20.4. The van der Waals surface area contributed by atoms with E-state index in [1.54, 1.807) is 6.26 Å². The molecule has 0 aliphatic carbocycles. The minimum atomic E-state index is 0.587. The molecule has 1 N–H and O–H groups in total. The fraction of sp³-hybridized carbons (Fsp3) is 0.312. The van der Waals surface area contributed by atoms with E-state index in [4.69, 9.17) is 34.2 Å². The summed E-state index contributed by atoms with van der Waals surface area (Å²) in [7, 11) is 2.12. The van der Waals surface area contributed by atoms with E-state index in [1.807, 2.05) is 24.3 Å². The third-order valence-corrected chi connectivity index (χ3v) is 4.34. The predicted molar refractivity (Wildman–Crippen MR) is 102 cm³/mol. The van der Waals surface area contributed by atoms with Crippen LogP contribution in [0.15, 0.2) is 41.1 Å². The molecule has 1 saturated heterocycles. The molecule has 2 heterocycles. The van der Waals surface area contributed by atoms with Gasteiger partial charge in [0, 0.05) is 26.2 Å². The first kappa shape index (κ1) is 16.0. The van der Waals surface area contributed by atoms with Crippen LogP contribution in [-0.2, 0) is 4.74 Å². The van der Waals surface area contributed by atoms with Gasteiger partial charge in [0.2, 0.25) is 0 Å². The van der Waals surface area contributed by atoms with Gasteiger partial charge in [0.15, 0.2) is 5.55 Å². The number of thiocarbonyl (C=S) groups is 2. The minimum absolute atomic E-state index is 0.587. The Kier molecular flexibility index (Phi) is 5.00. The quantitative estimate of drug-likeness (QED) is 0.504. The molecule has 2 aliphatic rings. The van der Waals surface area contributed by atoms with Crippen LogP contribution in [0.2, 0.25) is 0 Å². The molecule has 0 unspecified atom stereocenters. The van der Waals surface area contributed by atoms with Gasteiger partial charge in [-0.15, -0.1) is 0 Å². The van der Waals surface area contributed by atoms with Crippen LogP contribution in [0.4, 0.5) is 11.4 Å². The topological polar surface area (TPSA) is 40.1 Å². The van der Waals surface area contributed by atoms with Crippen molar-refractivity contribution in [1.82, 2.24) is 9.80 Å². The van der Waals surface area contributed by atoms with Crippen LogP contribution in [0.3, 0.4) is 0 Å². The highest BCUT2D eigenvalue weighted by Crippen LogP contribution is 2.30. The maximum Gasteiger partial charge on any atom is 0.153 e. The van der Waals surface area contributed by atoms with Crippen molar-refractivity contribution in [2.75, 3.05) is 38.5 Å². The summed E-state index contributed by atoms with van der Waals surface area (Å²) >= 11 is 10.3. The van der Waals surface area contributed by atoms with E-state index in [-0.39, 0.29) is 0 Å². The first-order valence-electron chi connectivity index (χ1n) is 7.41. The van der Waals surface area contributed by atoms with Crippen LogP contribution in [-0.4, -0.2) is 59.4 Å². The maximum absolute atomic E-state index is 5.55. The van der Waals surface area contributed by atoms with Crippen molar-refractivity contribution in [3.05, 3.63) is 36.1 Å². The first-order valence-corrected chi connectivity index (χ1v) is 8.29. The third-order valence-electron chi connectivity index (χ3n) is 3.91. The molecule has 0 saturated carbocycles. The molecule has 120 valence electrons. The Morgan fingerprint density at radius 3 is 2.70 bits per heavy atom. The van der Waals surface area contributed by atoms with Gasteiger partial charge in [-0.2, -0.15) is 0 Å². The van der Waals surface area contributed by atoms with Crippen molar-refractivity contribution in [1.29, 1.82) is 0 Å². The number of para-hydroxylation sites is 2. The highest BCUT2D eigenvalue weighted by atomic mass is 32.1. The predicted octanol–water partition coefficient (Wildman–Crippen LogP) is 2.57. The molecule has 0 spiro atoms. The van der Waals surface area contributed by atoms with E-state index in [1.165, 1.54) is 5.55 Å². The summed E-state index contributed by atoms with van der Waals surface area (Å²) in [4.78, 5) is 9.98. The fourth-order valence-electron chi connectivity index (χ4n) is 2.60. The van der Waals surface area contributed by atoms with Crippen molar-refractivity contribution < 1.29 is 4.74 Å². The summed E-state index contributed by atoms with van der Waals surface area (Å²) in [6.07, 6.45) is 1.57. The van der Waals surface area contributed by atoms with Crippen molar-refractivity contribution in [2.24, 2.45) is 4.99 Å². The van der Waals surface area contributed by atoms with Crippen LogP contribution < -0.4 is 5.32 Å². The number of likely N-dealkylation sites (N-methyl/N-ethyl adjacent to an activating group) is 1. The van der Waals surface area contributed by atoms with E-state index in [0.717, 1.165) is 49.0 Å². The maximum atomic E-state index is 5.55. The number of rotatable bonds is 2. The summed E-state index contributed by atoms with van der Waals surface area (Å²) in [5, 5.41) is 3.24. The molecule has 0 radical (unpaired) electrons. The zero-order valence-electron chi connectivity index (χ0n) is 12.9. The molecule has 1 aromatic carbocycles. The lowest BCUT2D eigenvalue weighted by Crippen LogP contribution is -2.48. The van der Waals surface area contributed by atoms with Crippen LogP contribution in [0.25, 0.3) is 0 Å². The molecule has 7 heteroatoms. The third kappa shape index (κ3) is 3.57. The summed E-state index contributed by atoms with van der Waals surface area (Å²) in [5.41, 5.74) is 3.74. The van der Waals surface area contributed by atoms with E-state index in [9.17, 15) is 0 Å². The lowest BCUT2D eigenvalue weighted by atomic mass is 10.2. The van der Waals surface area contributed by atoms with E-state index in [0.29, 0.717) is 4.99 Å². The standard InChI is InChI=1S/C16H18N4OS2/c1-19-6-8-20(9-7-19)15-12(10-21-11-22)16(23)18-14-5-3-2-4-13(14)17-15/h2-5,10-11H,6-9H2,1H3,(H,18,23). The number of hydrogen-bond acceptors (Lipinski definition) is 6. The molecular formula is C16H18N4OS2. The SMILES string of the molecule is CN1CCN(C2=Nc3ccccc3NC(=S)C2=COC=S)CC1. The smallest absolute Gasteiger partial charge is 0.153 e. The van der Waals surface area contributed by atoms with E-state index < -0.39 is 0 Å². The number of nitrogens with one attached hydrogen (secondary N) is 1. The molecule has 0 aromatic heterocycles. The molecule has 2 aliphatic heterocycles. The minimum Gasteiger partial charge on any atom is -0.460 e. The first-order chi connectivity index (χ1) is 11.2. The lowest BCUT2D eigenvalue weighted by molar-refractivity contribution is 0.216. The Bertz CT molecular complexity index is 678. The summed E-state index contributed by atoms with van der Waals surface area (Å²) in [6.45, 7) is 3.77. The Labute approximate surface area is 146 Å². The Hall–Kier alpha value is -1.83. The average Bonchev–Trinajstić information content (AvgIpc) is 2.70. The van der Waals surface area contributed by atoms with Crippen molar-refractivity contribution in [3.8, 4) is 0 Å². The Balaban J connectivity index is 2.02. The molecule has 1 fully saturated rings. The van der Waals surface area contributed by atoms with Gasteiger partial charge in [-0.05, 0) is 31.4 Å². The van der Waals surface area contributed by atoms with Gasteiger partial charge in [-0.3, -0.25) is 0 Å². The molecule has 3 rings (SSSR count). The van der Waals surface area contributed by atoms with Crippen LogP contribution in [0.5, 0.6) is 0 Å². The lowest BCUT2D eigenvalue weighted by Gasteiger charge is -2.34. The Morgan fingerprint density at radius 1 is 1.22 bits per heavy atom. The largest absolute Gasteiger partial charge is 0.460 e. The second-order valence-corrected chi connectivity index (χ2v) is 6.06. The van der Waals surface area contributed by atoms with E-state index >= 15 is 0 Å². The van der Waals surface area contributed by atoms with Gasteiger partial charge in [-0.1, -0.05) is 24.4 Å².